The molecule has 0 aliphatic heterocycles. The first-order valence-electron chi connectivity index (χ1n) is 5.25. The summed E-state index contributed by atoms with van der Waals surface area (Å²) in [5.74, 6) is 0.635. The first kappa shape index (κ1) is 12.4. The molecule has 2 unspecified atom stereocenters. The highest BCUT2D eigenvalue weighted by Crippen LogP contribution is 2.13. The van der Waals surface area contributed by atoms with E-state index in [4.69, 9.17) is 10.00 Å². The van der Waals surface area contributed by atoms with E-state index < -0.39 is 0 Å². The van der Waals surface area contributed by atoms with E-state index >= 15 is 0 Å². The average molecular weight is 183 g/mol. The number of unbranched alkanes of at least 4 members (excludes halogenated alkanes) is 1. The van der Waals surface area contributed by atoms with Crippen molar-refractivity contribution in [3.8, 4) is 6.07 Å². The Bertz CT molecular complexity index is 151. The Labute approximate surface area is 81.9 Å². The third-order valence-electron chi connectivity index (χ3n) is 2.31. The van der Waals surface area contributed by atoms with E-state index in [1.807, 2.05) is 0 Å². The molecule has 0 rings (SSSR count). The SMILES string of the molecule is CCCCC(CC)COC(C)C#N. The lowest BCUT2D eigenvalue weighted by Gasteiger charge is -2.15. The van der Waals surface area contributed by atoms with Crippen LogP contribution in [0.1, 0.15) is 46.5 Å². The molecular formula is C11H21NO. The topological polar surface area (TPSA) is 33.0 Å². The lowest BCUT2D eigenvalue weighted by atomic mass is 10.0. The molecule has 0 spiro atoms. The maximum atomic E-state index is 8.52. The van der Waals surface area contributed by atoms with Gasteiger partial charge in [0, 0.05) is 0 Å². The van der Waals surface area contributed by atoms with Crippen LogP contribution in [0.25, 0.3) is 0 Å². The average Bonchev–Trinajstić information content (AvgIpc) is 2.17. The van der Waals surface area contributed by atoms with Gasteiger partial charge in [-0.15, -0.1) is 0 Å². The Morgan fingerprint density at radius 3 is 2.54 bits per heavy atom. The Kier molecular flexibility index (Phi) is 7.73. The van der Waals surface area contributed by atoms with Gasteiger partial charge in [0.15, 0.2) is 0 Å². The fraction of sp³-hybridized carbons (Fsp3) is 0.909. The molecule has 2 heteroatoms. The molecule has 76 valence electrons. The maximum Gasteiger partial charge on any atom is 0.141 e. The molecule has 0 fully saturated rings. The van der Waals surface area contributed by atoms with E-state index in [1.54, 1.807) is 6.92 Å². The van der Waals surface area contributed by atoms with E-state index in [1.165, 1.54) is 19.3 Å². The minimum atomic E-state index is -0.254. The zero-order valence-corrected chi connectivity index (χ0v) is 9.05. The second kappa shape index (κ2) is 8.07. The fourth-order valence-corrected chi connectivity index (χ4v) is 1.22. The maximum absolute atomic E-state index is 8.52. The van der Waals surface area contributed by atoms with E-state index in [0.717, 1.165) is 13.0 Å². The molecule has 0 saturated heterocycles. The lowest BCUT2D eigenvalue weighted by molar-refractivity contribution is 0.0670. The fourth-order valence-electron chi connectivity index (χ4n) is 1.22. The molecule has 0 N–H and O–H groups in total. The molecule has 0 aliphatic rings. The Morgan fingerprint density at radius 2 is 2.08 bits per heavy atom. The summed E-state index contributed by atoms with van der Waals surface area (Å²) in [4.78, 5) is 0. The quantitative estimate of drug-likeness (QED) is 0.607. The second-order valence-corrected chi connectivity index (χ2v) is 3.52. The van der Waals surface area contributed by atoms with Crippen molar-refractivity contribution in [2.24, 2.45) is 5.92 Å². The predicted octanol–water partition coefficient (Wildman–Crippen LogP) is 3.13. The number of rotatable bonds is 7. The van der Waals surface area contributed by atoms with Gasteiger partial charge in [0.05, 0.1) is 12.7 Å². The Morgan fingerprint density at radius 1 is 1.38 bits per heavy atom. The van der Waals surface area contributed by atoms with Crippen molar-refractivity contribution >= 4 is 0 Å². The third kappa shape index (κ3) is 6.60. The van der Waals surface area contributed by atoms with Gasteiger partial charge in [-0.05, 0) is 19.3 Å². The standard InChI is InChI=1S/C11H21NO/c1-4-6-7-11(5-2)9-13-10(3)8-12/h10-11H,4-7,9H2,1-3H3. The van der Waals surface area contributed by atoms with Crippen LogP contribution < -0.4 is 0 Å². The third-order valence-corrected chi connectivity index (χ3v) is 2.31. The summed E-state index contributed by atoms with van der Waals surface area (Å²) < 4.78 is 5.38. The molecule has 0 amide bonds. The number of nitriles is 1. The zero-order chi connectivity index (χ0) is 10.1. The lowest BCUT2D eigenvalue weighted by Crippen LogP contribution is -2.14. The van der Waals surface area contributed by atoms with Gasteiger partial charge in [0.2, 0.25) is 0 Å². The van der Waals surface area contributed by atoms with Gasteiger partial charge in [0.25, 0.3) is 0 Å². The van der Waals surface area contributed by atoms with Gasteiger partial charge >= 0.3 is 0 Å². The van der Waals surface area contributed by atoms with Crippen molar-refractivity contribution in [2.75, 3.05) is 6.61 Å². The van der Waals surface area contributed by atoms with Crippen molar-refractivity contribution < 1.29 is 4.74 Å². The highest BCUT2D eigenvalue weighted by Gasteiger charge is 2.07. The summed E-state index contributed by atoms with van der Waals surface area (Å²) in [5, 5.41) is 8.52. The monoisotopic (exact) mass is 183 g/mol. The molecular weight excluding hydrogens is 162 g/mol. The van der Waals surface area contributed by atoms with Crippen LogP contribution in [0.2, 0.25) is 0 Å². The molecule has 2 nitrogen and oxygen atoms in total. The van der Waals surface area contributed by atoms with Crippen LogP contribution in [0.15, 0.2) is 0 Å². The van der Waals surface area contributed by atoms with Gasteiger partial charge in [-0.2, -0.15) is 5.26 Å². The number of nitrogens with zero attached hydrogens (tertiary/aromatic N) is 1. The molecule has 0 aromatic rings. The Hall–Kier alpha value is -0.550. The second-order valence-electron chi connectivity index (χ2n) is 3.52. The molecule has 13 heavy (non-hydrogen) atoms. The molecule has 0 aliphatic carbocycles. The highest BCUT2D eigenvalue weighted by molar-refractivity contribution is 4.79. The first-order chi connectivity index (χ1) is 6.24. The summed E-state index contributed by atoms with van der Waals surface area (Å²) >= 11 is 0. The van der Waals surface area contributed by atoms with Crippen LogP contribution >= 0.6 is 0 Å². The summed E-state index contributed by atoms with van der Waals surface area (Å²) in [6, 6.07) is 2.08. The summed E-state index contributed by atoms with van der Waals surface area (Å²) in [6.45, 7) is 6.92. The first-order valence-corrected chi connectivity index (χ1v) is 5.25. The molecule has 0 saturated carbocycles. The van der Waals surface area contributed by atoms with Gasteiger partial charge in [-0.1, -0.05) is 33.1 Å². The highest BCUT2D eigenvalue weighted by atomic mass is 16.5. The molecule has 0 radical (unpaired) electrons. The van der Waals surface area contributed by atoms with Crippen molar-refractivity contribution in [3.05, 3.63) is 0 Å². The largest absolute Gasteiger partial charge is 0.363 e. The van der Waals surface area contributed by atoms with Crippen LogP contribution in [0.3, 0.4) is 0 Å². The van der Waals surface area contributed by atoms with Crippen LogP contribution in [-0.2, 0) is 4.74 Å². The smallest absolute Gasteiger partial charge is 0.141 e. The van der Waals surface area contributed by atoms with E-state index in [0.29, 0.717) is 5.92 Å². The van der Waals surface area contributed by atoms with Crippen LogP contribution in [0, 0.1) is 17.2 Å². The number of hydrogen-bond donors (Lipinski definition) is 0. The molecule has 2 atom stereocenters. The minimum Gasteiger partial charge on any atom is -0.363 e. The Balaban J connectivity index is 3.54. The van der Waals surface area contributed by atoms with Crippen LogP contribution in [-0.4, -0.2) is 12.7 Å². The summed E-state index contributed by atoms with van der Waals surface area (Å²) in [6.07, 6.45) is 4.63. The van der Waals surface area contributed by atoms with Crippen molar-refractivity contribution in [3.63, 3.8) is 0 Å². The molecule has 0 aromatic carbocycles. The normalized spacial score (nSPS) is 14.9. The summed E-state index contributed by atoms with van der Waals surface area (Å²) in [7, 11) is 0. The van der Waals surface area contributed by atoms with E-state index in [2.05, 4.69) is 19.9 Å². The van der Waals surface area contributed by atoms with Gasteiger partial charge in [-0.25, -0.2) is 0 Å². The molecule has 0 bridgehead atoms. The van der Waals surface area contributed by atoms with Crippen LogP contribution in [0.4, 0.5) is 0 Å². The number of hydrogen-bond acceptors (Lipinski definition) is 2. The predicted molar refractivity (Wildman–Crippen MR) is 54.3 cm³/mol. The zero-order valence-electron chi connectivity index (χ0n) is 9.05. The summed E-state index contributed by atoms with van der Waals surface area (Å²) in [5.41, 5.74) is 0. The molecule has 0 aromatic heterocycles. The van der Waals surface area contributed by atoms with Crippen molar-refractivity contribution in [1.82, 2.24) is 0 Å². The number of ether oxygens (including phenoxy) is 1. The van der Waals surface area contributed by atoms with Crippen molar-refractivity contribution in [1.29, 1.82) is 5.26 Å². The van der Waals surface area contributed by atoms with E-state index in [9.17, 15) is 0 Å². The van der Waals surface area contributed by atoms with Gasteiger partial charge < -0.3 is 4.74 Å². The van der Waals surface area contributed by atoms with Crippen molar-refractivity contribution in [2.45, 2.75) is 52.6 Å². The minimum absolute atomic E-state index is 0.254. The van der Waals surface area contributed by atoms with Crippen LogP contribution in [0.5, 0.6) is 0 Å². The van der Waals surface area contributed by atoms with Gasteiger partial charge in [0.1, 0.15) is 6.10 Å². The molecule has 0 heterocycles. The van der Waals surface area contributed by atoms with Gasteiger partial charge in [-0.3, -0.25) is 0 Å². The van der Waals surface area contributed by atoms with E-state index in [-0.39, 0.29) is 6.10 Å².